The van der Waals surface area contributed by atoms with Crippen LogP contribution in [0.4, 0.5) is 0 Å². The normalized spacial score (nSPS) is 20.4. The Labute approximate surface area is 103 Å². The SMILES string of the molecule is CCC(C)CC(=O)N1CCC(C(N)=NO)CC1. The standard InChI is InChI=1S/C12H23N3O2/c1-3-9(2)8-11(16)15-6-4-10(5-7-15)12(13)14-17/h9-10,17H,3-8H2,1-2H3,(H2,13,14). The van der Waals surface area contributed by atoms with Gasteiger partial charge in [0.1, 0.15) is 5.84 Å². The highest BCUT2D eigenvalue weighted by molar-refractivity contribution is 5.83. The van der Waals surface area contributed by atoms with E-state index in [1.807, 2.05) is 4.90 Å². The molecule has 0 radical (unpaired) electrons. The molecule has 0 aromatic heterocycles. The summed E-state index contributed by atoms with van der Waals surface area (Å²) in [5.74, 6) is 1.09. The molecule has 98 valence electrons. The van der Waals surface area contributed by atoms with Gasteiger partial charge in [-0.05, 0) is 18.8 Å². The van der Waals surface area contributed by atoms with Crippen molar-refractivity contribution in [2.45, 2.75) is 39.5 Å². The van der Waals surface area contributed by atoms with Crippen LogP contribution in [0.3, 0.4) is 0 Å². The van der Waals surface area contributed by atoms with E-state index in [9.17, 15) is 4.79 Å². The van der Waals surface area contributed by atoms with Crippen molar-refractivity contribution >= 4 is 11.7 Å². The van der Waals surface area contributed by atoms with Gasteiger partial charge >= 0.3 is 0 Å². The molecule has 0 aromatic rings. The van der Waals surface area contributed by atoms with Gasteiger partial charge < -0.3 is 15.8 Å². The molecule has 0 aliphatic carbocycles. The Bertz CT molecular complexity index is 283. The van der Waals surface area contributed by atoms with Crippen molar-refractivity contribution in [1.29, 1.82) is 0 Å². The van der Waals surface area contributed by atoms with Crippen molar-refractivity contribution in [3.63, 3.8) is 0 Å². The van der Waals surface area contributed by atoms with Gasteiger partial charge in [-0.2, -0.15) is 0 Å². The number of rotatable bonds is 4. The first kappa shape index (κ1) is 13.8. The van der Waals surface area contributed by atoms with E-state index >= 15 is 0 Å². The van der Waals surface area contributed by atoms with E-state index < -0.39 is 0 Å². The third kappa shape index (κ3) is 3.91. The second-order valence-corrected chi connectivity index (χ2v) is 4.90. The quantitative estimate of drug-likeness (QED) is 0.338. The number of nitrogens with two attached hydrogens (primary N) is 1. The topological polar surface area (TPSA) is 78.9 Å². The van der Waals surface area contributed by atoms with E-state index in [0.29, 0.717) is 18.2 Å². The molecule has 1 atom stereocenters. The number of piperidine rings is 1. The zero-order valence-electron chi connectivity index (χ0n) is 10.7. The van der Waals surface area contributed by atoms with Gasteiger partial charge in [-0.3, -0.25) is 4.79 Å². The maximum absolute atomic E-state index is 11.9. The summed E-state index contributed by atoms with van der Waals surface area (Å²) in [7, 11) is 0. The van der Waals surface area contributed by atoms with Crippen LogP contribution in [0.15, 0.2) is 5.16 Å². The lowest BCUT2D eigenvalue weighted by Crippen LogP contribution is -2.42. The number of carbonyl (C=O) groups is 1. The second kappa shape index (κ2) is 6.47. The Morgan fingerprint density at radius 3 is 2.59 bits per heavy atom. The van der Waals surface area contributed by atoms with E-state index in [1.54, 1.807) is 0 Å². The molecular formula is C12H23N3O2. The Hall–Kier alpha value is -1.26. The fraction of sp³-hybridized carbons (Fsp3) is 0.833. The molecule has 17 heavy (non-hydrogen) atoms. The van der Waals surface area contributed by atoms with Crippen LogP contribution in [-0.2, 0) is 4.79 Å². The van der Waals surface area contributed by atoms with Crippen LogP contribution in [0.5, 0.6) is 0 Å². The predicted octanol–water partition coefficient (Wildman–Crippen LogP) is 1.41. The van der Waals surface area contributed by atoms with Crippen LogP contribution in [0, 0.1) is 11.8 Å². The molecule has 5 nitrogen and oxygen atoms in total. The third-order valence-corrected chi connectivity index (χ3v) is 3.60. The Morgan fingerprint density at radius 2 is 2.12 bits per heavy atom. The predicted molar refractivity (Wildman–Crippen MR) is 66.8 cm³/mol. The van der Waals surface area contributed by atoms with Gasteiger partial charge in [0.2, 0.25) is 5.91 Å². The van der Waals surface area contributed by atoms with Gasteiger partial charge in [0.25, 0.3) is 0 Å². The van der Waals surface area contributed by atoms with Gasteiger partial charge in [-0.1, -0.05) is 25.4 Å². The van der Waals surface area contributed by atoms with Gasteiger partial charge in [-0.15, -0.1) is 0 Å². The highest BCUT2D eigenvalue weighted by Crippen LogP contribution is 2.19. The van der Waals surface area contributed by atoms with E-state index in [1.165, 1.54) is 0 Å². The summed E-state index contributed by atoms with van der Waals surface area (Å²) < 4.78 is 0. The lowest BCUT2D eigenvalue weighted by Gasteiger charge is -2.32. The number of nitrogens with zero attached hydrogens (tertiary/aromatic N) is 2. The highest BCUT2D eigenvalue weighted by Gasteiger charge is 2.25. The minimum Gasteiger partial charge on any atom is -0.409 e. The Balaban J connectivity index is 2.39. The van der Waals surface area contributed by atoms with Crippen LogP contribution in [0.1, 0.15) is 39.5 Å². The maximum Gasteiger partial charge on any atom is 0.222 e. The summed E-state index contributed by atoms with van der Waals surface area (Å²) in [5.41, 5.74) is 5.57. The first-order valence-corrected chi connectivity index (χ1v) is 6.33. The number of likely N-dealkylation sites (tertiary alicyclic amines) is 1. The molecule has 0 aromatic carbocycles. The van der Waals surface area contributed by atoms with Crippen LogP contribution in [0.2, 0.25) is 0 Å². The van der Waals surface area contributed by atoms with Gasteiger partial charge in [0, 0.05) is 25.4 Å². The number of amides is 1. The van der Waals surface area contributed by atoms with Gasteiger partial charge in [0.05, 0.1) is 0 Å². The minimum absolute atomic E-state index is 0.118. The number of hydrogen-bond donors (Lipinski definition) is 2. The zero-order valence-corrected chi connectivity index (χ0v) is 10.7. The lowest BCUT2D eigenvalue weighted by molar-refractivity contribution is -0.133. The fourth-order valence-corrected chi connectivity index (χ4v) is 2.08. The summed E-state index contributed by atoms with van der Waals surface area (Å²) in [5, 5.41) is 11.6. The summed E-state index contributed by atoms with van der Waals surface area (Å²) >= 11 is 0. The summed E-state index contributed by atoms with van der Waals surface area (Å²) in [6.45, 7) is 5.63. The van der Waals surface area contributed by atoms with Crippen LogP contribution >= 0.6 is 0 Å². The molecule has 0 spiro atoms. The molecule has 1 rings (SSSR count). The van der Waals surface area contributed by atoms with Crippen LogP contribution in [0.25, 0.3) is 0 Å². The van der Waals surface area contributed by atoms with Crippen molar-refractivity contribution in [2.75, 3.05) is 13.1 Å². The molecular weight excluding hydrogens is 218 g/mol. The van der Waals surface area contributed by atoms with Crippen LogP contribution in [-0.4, -0.2) is 34.9 Å². The van der Waals surface area contributed by atoms with Crippen molar-refractivity contribution in [1.82, 2.24) is 4.90 Å². The van der Waals surface area contributed by atoms with Crippen molar-refractivity contribution in [3.8, 4) is 0 Å². The monoisotopic (exact) mass is 241 g/mol. The summed E-state index contributed by atoms with van der Waals surface area (Å²) in [4.78, 5) is 13.8. The largest absolute Gasteiger partial charge is 0.409 e. The third-order valence-electron chi connectivity index (χ3n) is 3.60. The van der Waals surface area contributed by atoms with E-state index in [4.69, 9.17) is 10.9 Å². The molecule has 1 fully saturated rings. The minimum atomic E-state index is 0.118. The average Bonchev–Trinajstić information content (AvgIpc) is 2.37. The number of oxime groups is 1. The Kier molecular flexibility index (Phi) is 5.25. The maximum atomic E-state index is 11.9. The molecule has 3 N–H and O–H groups in total. The number of amidine groups is 1. The van der Waals surface area contributed by atoms with Crippen molar-refractivity contribution in [2.24, 2.45) is 22.7 Å². The van der Waals surface area contributed by atoms with Gasteiger partial charge in [-0.25, -0.2) is 0 Å². The second-order valence-electron chi connectivity index (χ2n) is 4.90. The van der Waals surface area contributed by atoms with Crippen molar-refractivity contribution < 1.29 is 10.0 Å². The highest BCUT2D eigenvalue weighted by atomic mass is 16.4. The number of hydrogen-bond acceptors (Lipinski definition) is 3. The molecule has 1 saturated heterocycles. The fourth-order valence-electron chi connectivity index (χ4n) is 2.08. The zero-order chi connectivity index (χ0) is 12.8. The molecule has 0 saturated carbocycles. The first-order chi connectivity index (χ1) is 8.08. The molecule has 1 amide bonds. The van der Waals surface area contributed by atoms with Crippen molar-refractivity contribution in [3.05, 3.63) is 0 Å². The summed E-state index contributed by atoms with van der Waals surface area (Å²) in [6.07, 6.45) is 3.25. The van der Waals surface area contributed by atoms with E-state index in [2.05, 4.69) is 19.0 Å². The first-order valence-electron chi connectivity index (χ1n) is 6.33. The molecule has 1 unspecified atom stereocenters. The van der Waals surface area contributed by atoms with E-state index in [0.717, 1.165) is 32.4 Å². The molecule has 1 aliphatic rings. The van der Waals surface area contributed by atoms with Gasteiger partial charge in [0.15, 0.2) is 0 Å². The smallest absolute Gasteiger partial charge is 0.222 e. The molecule has 1 heterocycles. The molecule has 5 heteroatoms. The van der Waals surface area contributed by atoms with Crippen LogP contribution < -0.4 is 5.73 Å². The molecule has 1 aliphatic heterocycles. The Morgan fingerprint density at radius 1 is 1.53 bits per heavy atom. The lowest BCUT2D eigenvalue weighted by atomic mass is 9.95. The number of carbonyl (C=O) groups excluding carboxylic acids is 1. The summed E-state index contributed by atoms with van der Waals surface area (Å²) in [6, 6.07) is 0. The average molecular weight is 241 g/mol. The van der Waals surface area contributed by atoms with E-state index in [-0.39, 0.29) is 11.8 Å². The molecule has 0 bridgehead atoms.